The van der Waals surface area contributed by atoms with Crippen molar-refractivity contribution in [3.05, 3.63) is 20.8 Å². The number of carboxylic acids is 1. The third-order valence-corrected chi connectivity index (χ3v) is 3.71. The molecule has 1 unspecified atom stereocenters. The number of carbonyl (C=O) groups is 2. The van der Waals surface area contributed by atoms with Crippen LogP contribution in [0.5, 0.6) is 0 Å². The van der Waals surface area contributed by atoms with Crippen molar-refractivity contribution in [3.8, 4) is 0 Å². The van der Waals surface area contributed by atoms with Gasteiger partial charge in [-0.2, -0.15) is 0 Å². The third kappa shape index (κ3) is 3.31. The Bertz CT molecular complexity index is 405. The van der Waals surface area contributed by atoms with Crippen LogP contribution < -0.4 is 0 Å². The fourth-order valence-electron chi connectivity index (χ4n) is 1.19. The molecule has 16 heavy (non-hydrogen) atoms. The van der Waals surface area contributed by atoms with E-state index < -0.39 is 11.9 Å². The first-order valence-electron chi connectivity index (χ1n) is 4.65. The first-order chi connectivity index (χ1) is 7.41. The molecule has 1 atom stereocenters. The molecule has 1 amide bonds. The largest absolute Gasteiger partial charge is 0.481 e. The fourth-order valence-corrected chi connectivity index (χ4v) is 2.57. The summed E-state index contributed by atoms with van der Waals surface area (Å²) in [4.78, 5) is 24.5. The van der Waals surface area contributed by atoms with Crippen LogP contribution in [0.25, 0.3) is 0 Å². The van der Waals surface area contributed by atoms with Crippen LogP contribution in [-0.2, 0) is 4.79 Å². The third-order valence-electron chi connectivity index (χ3n) is 2.10. The minimum absolute atomic E-state index is 0.149. The second-order valence-electron chi connectivity index (χ2n) is 3.53. The smallest absolute Gasteiger partial charge is 0.308 e. The summed E-state index contributed by atoms with van der Waals surface area (Å²) >= 11 is 4.61. The number of hydrogen-bond acceptors (Lipinski definition) is 3. The van der Waals surface area contributed by atoms with Gasteiger partial charge in [0.15, 0.2) is 0 Å². The van der Waals surface area contributed by atoms with E-state index in [1.807, 2.05) is 0 Å². The quantitative estimate of drug-likeness (QED) is 0.928. The summed E-state index contributed by atoms with van der Waals surface area (Å²) in [5, 5.41) is 8.74. The number of halogens is 1. The van der Waals surface area contributed by atoms with Gasteiger partial charge in [0.05, 0.1) is 14.6 Å². The molecule has 0 saturated carbocycles. The number of amides is 1. The molecular formula is C10H12BrNO3S. The highest BCUT2D eigenvalue weighted by atomic mass is 79.9. The van der Waals surface area contributed by atoms with E-state index in [0.29, 0.717) is 4.88 Å². The molecule has 6 heteroatoms. The summed E-state index contributed by atoms with van der Waals surface area (Å²) in [5.41, 5.74) is 0. The van der Waals surface area contributed by atoms with E-state index in [0.717, 1.165) is 3.79 Å². The molecule has 0 saturated heterocycles. The number of rotatable bonds is 4. The summed E-state index contributed by atoms with van der Waals surface area (Å²) in [6.45, 7) is 1.79. The lowest BCUT2D eigenvalue weighted by atomic mass is 10.2. The van der Waals surface area contributed by atoms with Crippen LogP contribution in [0, 0.1) is 5.92 Å². The van der Waals surface area contributed by atoms with Gasteiger partial charge in [-0.1, -0.05) is 6.92 Å². The average molecular weight is 306 g/mol. The topological polar surface area (TPSA) is 57.6 Å². The molecule has 0 aliphatic carbocycles. The monoisotopic (exact) mass is 305 g/mol. The van der Waals surface area contributed by atoms with Gasteiger partial charge in [-0.3, -0.25) is 9.59 Å². The zero-order valence-electron chi connectivity index (χ0n) is 8.94. The van der Waals surface area contributed by atoms with Gasteiger partial charge in [-0.05, 0) is 28.1 Å². The predicted octanol–water partition coefficient (Wildman–Crippen LogP) is 2.30. The normalized spacial score (nSPS) is 12.2. The summed E-state index contributed by atoms with van der Waals surface area (Å²) < 4.78 is 0.885. The Morgan fingerprint density at radius 1 is 1.56 bits per heavy atom. The molecule has 0 radical (unpaired) electrons. The molecule has 0 fully saturated rings. The van der Waals surface area contributed by atoms with Crippen LogP contribution >= 0.6 is 27.3 Å². The lowest BCUT2D eigenvalue weighted by Crippen LogP contribution is -2.33. The maximum atomic E-state index is 11.8. The Kier molecular flexibility index (Phi) is 4.49. The summed E-state index contributed by atoms with van der Waals surface area (Å²) in [5.74, 6) is -1.60. The van der Waals surface area contributed by atoms with E-state index in [-0.39, 0.29) is 12.5 Å². The van der Waals surface area contributed by atoms with Crippen molar-refractivity contribution >= 4 is 39.1 Å². The lowest BCUT2D eigenvalue weighted by molar-refractivity contribution is -0.141. The van der Waals surface area contributed by atoms with Gasteiger partial charge in [-0.25, -0.2) is 0 Å². The van der Waals surface area contributed by atoms with E-state index >= 15 is 0 Å². The molecule has 1 N–H and O–H groups in total. The van der Waals surface area contributed by atoms with Crippen LogP contribution in [0.2, 0.25) is 0 Å². The number of thiophene rings is 1. The Hall–Kier alpha value is -0.880. The molecule has 0 aliphatic heterocycles. The van der Waals surface area contributed by atoms with Crippen LogP contribution in [0.15, 0.2) is 15.9 Å². The van der Waals surface area contributed by atoms with Gasteiger partial charge < -0.3 is 10.0 Å². The van der Waals surface area contributed by atoms with Gasteiger partial charge >= 0.3 is 5.97 Å². The van der Waals surface area contributed by atoms with E-state index in [2.05, 4.69) is 15.9 Å². The van der Waals surface area contributed by atoms with Gasteiger partial charge in [0.2, 0.25) is 0 Å². The minimum Gasteiger partial charge on any atom is -0.481 e. The molecule has 1 aromatic rings. The molecule has 88 valence electrons. The average Bonchev–Trinajstić information content (AvgIpc) is 2.63. The number of nitrogens with zero attached hydrogens (tertiary/aromatic N) is 1. The highest BCUT2D eigenvalue weighted by Crippen LogP contribution is 2.23. The van der Waals surface area contributed by atoms with Gasteiger partial charge in [0, 0.05) is 13.6 Å². The van der Waals surface area contributed by atoms with Crippen molar-refractivity contribution in [1.82, 2.24) is 4.90 Å². The zero-order valence-corrected chi connectivity index (χ0v) is 11.3. The van der Waals surface area contributed by atoms with Crippen molar-refractivity contribution in [2.45, 2.75) is 6.92 Å². The zero-order chi connectivity index (χ0) is 12.3. The summed E-state index contributed by atoms with van der Waals surface area (Å²) in [6.07, 6.45) is 0. The van der Waals surface area contributed by atoms with Crippen molar-refractivity contribution in [2.24, 2.45) is 5.92 Å². The number of aliphatic carboxylic acids is 1. The van der Waals surface area contributed by atoms with Gasteiger partial charge in [0.25, 0.3) is 5.91 Å². The Morgan fingerprint density at radius 3 is 2.62 bits per heavy atom. The second-order valence-corrected chi connectivity index (χ2v) is 5.99. The molecule has 0 bridgehead atoms. The van der Waals surface area contributed by atoms with Crippen molar-refractivity contribution < 1.29 is 14.7 Å². The minimum atomic E-state index is -0.896. The molecule has 0 spiro atoms. The standard InChI is InChI=1S/C10H12BrNO3S/c1-6(10(14)15)5-12(2)9(13)7-3-4-8(11)16-7/h3-4,6H,5H2,1-2H3,(H,14,15). The Morgan fingerprint density at radius 2 is 2.19 bits per heavy atom. The van der Waals surface area contributed by atoms with E-state index in [4.69, 9.17) is 5.11 Å². The van der Waals surface area contributed by atoms with Crippen LogP contribution in [0.1, 0.15) is 16.6 Å². The van der Waals surface area contributed by atoms with Gasteiger partial charge in [-0.15, -0.1) is 11.3 Å². The van der Waals surface area contributed by atoms with Crippen LogP contribution in [0.4, 0.5) is 0 Å². The molecule has 1 heterocycles. The maximum absolute atomic E-state index is 11.8. The van der Waals surface area contributed by atoms with E-state index in [1.54, 1.807) is 26.1 Å². The molecular weight excluding hydrogens is 294 g/mol. The second kappa shape index (κ2) is 5.45. The summed E-state index contributed by atoms with van der Waals surface area (Å²) in [7, 11) is 1.61. The number of carbonyl (C=O) groups excluding carboxylic acids is 1. The highest BCUT2D eigenvalue weighted by molar-refractivity contribution is 9.11. The molecule has 1 rings (SSSR count). The van der Waals surface area contributed by atoms with Crippen LogP contribution in [0.3, 0.4) is 0 Å². The fraction of sp³-hybridized carbons (Fsp3) is 0.400. The van der Waals surface area contributed by atoms with Crippen LogP contribution in [-0.4, -0.2) is 35.5 Å². The van der Waals surface area contributed by atoms with Crippen molar-refractivity contribution in [3.63, 3.8) is 0 Å². The number of hydrogen-bond donors (Lipinski definition) is 1. The molecule has 0 aliphatic rings. The predicted molar refractivity (Wildman–Crippen MR) is 65.8 cm³/mol. The molecule has 1 aromatic heterocycles. The SMILES string of the molecule is CC(CN(C)C(=O)c1ccc(Br)s1)C(=O)O. The lowest BCUT2D eigenvalue weighted by Gasteiger charge is -2.18. The maximum Gasteiger partial charge on any atom is 0.308 e. The first-order valence-corrected chi connectivity index (χ1v) is 6.26. The molecule has 4 nitrogen and oxygen atoms in total. The highest BCUT2D eigenvalue weighted by Gasteiger charge is 2.19. The summed E-state index contributed by atoms with van der Waals surface area (Å²) in [6, 6.07) is 3.52. The van der Waals surface area contributed by atoms with E-state index in [1.165, 1.54) is 16.2 Å². The van der Waals surface area contributed by atoms with Crippen molar-refractivity contribution in [1.29, 1.82) is 0 Å². The van der Waals surface area contributed by atoms with Gasteiger partial charge in [0.1, 0.15) is 0 Å². The Labute approximate surface area is 106 Å². The van der Waals surface area contributed by atoms with Crippen molar-refractivity contribution in [2.75, 3.05) is 13.6 Å². The number of carboxylic acid groups (broad SMARTS) is 1. The molecule has 0 aromatic carbocycles. The van der Waals surface area contributed by atoms with E-state index in [9.17, 15) is 9.59 Å². The Balaban J connectivity index is 2.64. The first kappa shape index (κ1) is 13.2.